The average molecular weight is 206 g/mol. The Hall–Kier alpha value is -0.500. The molecule has 2 aliphatic heterocycles. The quantitative estimate of drug-likeness (QED) is 0.683. The first-order chi connectivity index (χ1) is 7.45. The van der Waals surface area contributed by atoms with Crippen LogP contribution in [0.4, 0.5) is 0 Å². The van der Waals surface area contributed by atoms with Crippen LogP contribution in [0.2, 0.25) is 0 Å². The molecule has 84 valence electrons. The smallest absolute Gasteiger partial charge is 0.0496 e. The first-order valence-corrected chi connectivity index (χ1v) is 6.64. The molecule has 1 atom stereocenters. The maximum Gasteiger partial charge on any atom is 0.0496 e. The van der Waals surface area contributed by atoms with E-state index in [2.05, 4.69) is 15.9 Å². The molecule has 0 N–H and O–H groups in total. The normalized spacial score (nSPS) is 32.7. The van der Waals surface area contributed by atoms with Crippen molar-refractivity contribution in [3.05, 3.63) is 11.8 Å². The van der Waals surface area contributed by atoms with Gasteiger partial charge in [-0.15, -0.1) is 0 Å². The number of rotatable bonds is 2. The zero-order chi connectivity index (χ0) is 10.1. The van der Waals surface area contributed by atoms with Gasteiger partial charge in [-0.05, 0) is 51.6 Å². The maximum absolute atomic E-state index is 2.72. The van der Waals surface area contributed by atoms with E-state index in [1.165, 1.54) is 64.7 Å². The molecule has 0 amide bonds. The summed E-state index contributed by atoms with van der Waals surface area (Å²) < 4.78 is 0. The fraction of sp³-hybridized carbons (Fsp3) is 0.846. The Morgan fingerprint density at radius 2 is 1.60 bits per heavy atom. The first-order valence-electron chi connectivity index (χ1n) is 6.64. The third kappa shape index (κ3) is 1.80. The summed E-state index contributed by atoms with van der Waals surface area (Å²) in [6, 6.07) is 0.783. The number of nitrogens with zero attached hydrogens (tertiary/aromatic N) is 2. The van der Waals surface area contributed by atoms with E-state index in [0.29, 0.717) is 0 Å². The lowest BCUT2D eigenvalue weighted by molar-refractivity contribution is 0.231. The van der Waals surface area contributed by atoms with Gasteiger partial charge in [0, 0.05) is 24.8 Å². The summed E-state index contributed by atoms with van der Waals surface area (Å²) in [7, 11) is 0. The molecular weight excluding hydrogens is 184 g/mol. The van der Waals surface area contributed by atoms with E-state index in [-0.39, 0.29) is 0 Å². The van der Waals surface area contributed by atoms with Crippen molar-refractivity contribution in [2.45, 2.75) is 44.6 Å². The van der Waals surface area contributed by atoms with Gasteiger partial charge in [-0.3, -0.25) is 4.90 Å². The molecule has 2 fully saturated rings. The number of hydrogen-bond acceptors (Lipinski definition) is 2. The molecule has 2 nitrogen and oxygen atoms in total. The molecule has 2 saturated heterocycles. The zero-order valence-electron chi connectivity index (χ0n) is 9.62. The van der Waals surface area contributed by atoms with Crippen molar-refractivity contribution in [2.75, 3.05) is 26.2 Å². The second-order valence-electron chi connectivity index (χ2n) is 5.16. The molecule has 1 aliphatic carbocycles. The molecule has 2 heteroatoms. The van der Waals surface area contributed by atoms with Gasteiger partial charge in [0.15, 0.2) is 0 Å². The Morgan fingerprint density at radius 1 is 0.933 bits per heavy atom. The highest BCUT2D eigenvalue weighted by atomic mass is 15.2. The number of allylic oxidation sites excluding steroid dienone is 1. The molecule has 0 radical (unpaired) electrons. The van der Waals surface area contributed by atoms with Crippen LogP contribution in [-0.2, 0) is 0 Å². The summed E-state index contributed by atoms with van der Waals surface area (Å²) in [6.07, 6.45) is 10.9. The molecule has 0 saturated carbocycles. The van der Waals surface area contributed by atoms with Crippen molar-refractivity contribution in [3.8, 4) is 0 Å². The summed E-state index contributed by atoms with van der Waals surface area (Å²) >= 11 is 0. The van der Waals surface area contributed by atoms with Gasteiger partial charge in [0.2, 0.25) is 0 Å². The van der Waals surface area contributed by atoms with Gasteiger partial charge in [0.05, 0.1) is 0 Å². The number of hydrogen-bond donors (Lipinski definition) is 0. The van der Waals surface area contributed by atoms with Gasteiger partial charge in [-0.25, -0.2) is 0 Å². The van der Waals surface area contributed by atoms with Gasteiger partial charge >= 0.3 is 0 Å². The molecule has 0 aromatic carbocycles. The largest absolute Gasteiger partial charge is 0.374 e. The highest BCUT2D eigenvalue weighted by molar-refractivity contribution is 5.17. The van der Waals surface area contributed by atoms with E-state index in [4.69, 9.17) is 0 Å². The Kier molecular flexibility index (Phi) is 2.70. The van der Waals surface area contributed by atoms with Crippen LogP contribution in [0, 0.1) is 0 Å². The highest BCUT2D eigenvalue weighted by Crippen LogP contribution is 2.31. The highest BCUT2D eigenvalue weighted by Gasteiger charge is 2.31. The topological polar surface area (TPSA) is 6.48 Å². The maximum atomic E-state index is 2.72. The molecule has 0 aromatic rings. The van der Waals surface area contributed by atoms with Gasteiger partial charge in [-0.1, -0.05) is 6.08 Å². The molecule has 15 heavy (non-hydrogen) atoms. The van der Waals surface area contributed by atoms with E-state index in [1.54, 1.807) is 5.70 Å². The van der Waals surface area contributed by atoms with Gasteiger partial charge < -0.3 is 4.90 Å². The lowest BCUT2D eigenvalue weighted by Crippen LogP contribution is -2.37. The predicted octanol–water partition coefficient (Wildman–Crippen LogP) is 2.22. The summed E-state index contributed by atoms with van der Waals surface area (Å²) in [4.78, 5) is 5.37. The summed E-state index contributed by atoms with van der Waals surface area (Å²) in [5.41, 5.74) is 1.68. The van der Waals surface area contributed by atoms with Crippen molar-refractivity contribution in [2.24, 2.45) is 0 Å². The number of likely N-dealkylation sites (tertiary alicyclic amines) is 2. The minimum absolute atomic E-state index is 0.783. The zero-order valence-corrected chi connectivity index (χ0v) is 9.62. The van der Waals surface area contributed by atoms with Crippen LogP contribution in [0.3, 0.4) is 0 Å². The summed E-state index contributed by atoms with van der Waals surface area (Å²) in [5, 5.41) is 0. The Morgan fingerprint density at radius 3 is 2.33 bits per heavy atom. The summed E-state index contributed by atoms with van der Waals surface area (Å²) in [5.74, 6) is 0. The second kappa shape index (κ2) is 4.17. The fourth-order valence-electron chi connectivity index (χ4n) is 3.41. The molecule has 3 rings (SSSR count). The lowest BCUT2D eigenvalue weighted by Gasteiger charge is -2.31. The monoisotopic (exact) mass is 206 g/mol. The molecule has 0 bridgehead atoms. The van der Waals surface area contributed by atoms with E-state index in [9.17, 15) is 0 Å². The van der Waals surface area contributed by atoms with Crippen molar-refractivity contribution in [1.82, 2.24) is 9.80 Å². The SMILES string of the molecule is C1=C(N2CCCC2)[C@@H](N2CCCC2)CC1. The van der Waals surface area contributed by atoms with E-state index in [1.807, 2.05) is 0 Å². The average Bonchev–Trinajstić information content (AvgIpc) is 3.01. The standard InChI is InChI=1S/C13H22N2/c1-2-9-14(8-1)12-6-5-7-13(12)15-10-3-4-11-15/h6,13H,1-5,7-11H2/t13-/m0/s1. The fourth-order valence-corrected chi connectivity index (χ4v) is 3.41. The Bertz CT molecular complexity index is 247. The minimum Gasteiger partial charge on any atom is -0.374 e. The molecule has 2 heterocycles. The second-order valence-corrected chi connectivity index (χ2v) is 5.16. The molecular formula is C13H22N2. The van der Waals surface area contributed by atoms with Crippen LogP contribution in [-0.4, -0.2) is 42.0 Å². The summed E-state index contributed by atoms with van der Waals surface area (Å²) in [6.45, 7) is 5.32. The van der Waals surface area contributed by atoms with Crippen molar-refractivity contribution < 1.29 is 0 Å². The van der Waals surface area contributed by atoms with Gasteiger partial charge in [-0.2, -0.15) is 0 Å². The third-order valence-electron chi connectivity index (χ3n) is 4.19. The van der Waals surface area contributed by atoms with E-state index in [0.717, 1.165) is 6.04 Å². The van der Waals surface area contributed by atoms with E-state index >= 15 is 0 Å². The molecule has 0 aromatic heterocycles. The van der Waals surface area contributed by atoms with Crippen LogP contribution in [0.25, 0.3) is 0 Å². The Labute approximate surface area is 92.9 Å². The molecule has 3 aliphatic rings. The van der Waals surface area contributed by atoms with Crippen molar-refractivity contribution >= 4 is 0 Å². The molecule has 0 unspecified atom stereocenters. The predicted molar refractivity (Wildman–Crippen MR) is 62.7 cm³/mol. The van der Waals surface area contributed by atoms with Crippen LogP contribution in [0.1, 0.15) is 38.5 Å². The first kappa shape index (κ1) is 9.71. The van der Waals surface area contributed by atoms with Crippen LogP contribution >= 0.6 is 0 Å². The minimum atomic E-state index is 0.783. The van der Waals surface area contributed by atoms with Gasteiger partial charge in [0.25, 0.3) is 0 Å². The van der Waals surface area contributed by atoms with Crippen molar-refractivity contribution in [1.29, 1.82) is 0 Å². The van der Waals surface area contributed by atoms with Gasteiger partial charge in [0.1, 0.15) is 0 Å². The van der Waals surface area contributed by atoms with Crippen LogP contribution < -0.4 is 0 Å². The Balaban J connectivity index is 1.70. The van der Waals surface area contributed by atoms with Crippen molar-refractivity contribution in [3.63, 3.8) is 0 Å². The van der Waals surface area contributed by atoms with Crippen LogP contribution in [0.15, 0.2) is 11.8 Å². The molecule has 0 spiro atoms. The van der Waals surface area contributed by atoms with Crippen LogP contribution in [0.5, 0.6) is 0 Å². The van der Waals surface area contributed by atoms with E-state index < -0.39 is 0 Å². The lowest BCUT2D eigenvalue weighted by atomic mass is 10.2. The third-order valence-corrected chi connectivity index (χ3v) is 4.19.